The van der Waals surface area contributed by atoms with Gasteiger partial charge in [0.1, 0.15) is 0 Å². The standard InChI is InChI=1S/C31H32N2O4S/c1-32-25-20-24(30(34)33-15-13-22(14-16-33)17-21-7-5-4-6-8-21)10-12-28(25)38-29(31(32)35)19-23-9-11-26(36-2)27(18-23)37-3/h4-12,18-20,22H,13-17H2,1-3H3/b29-19-. The van der Waals surface area contributed by atoms with Gasteiger partial charge in [0.2, 0.25) is 0 Å². The number of hydrogen-bond donors (Lipinski definition) is 0. The Morgan fingerprint density at radius 2 is 1.71 bits per heavy atom. The second kappa shape index (κ2) is 11.4. The Bertz CT molecular complexity index is 1360. The highest BCUT2D eigenvalue weighted by molar-refractivity contribution is 8.04. The van der Waals surface area contributed by atoms with Crippen LogP contribution >= 0.6 is 11.8 Å². The fourth-order valence-corrected chi connectivity index (χ4v) is 6.18. The highest BCUT2D eigenvalue weighted by atomic mass is 32.2. The minimum atomic E-state index is -0.108. The molecule has 0 N–H and O–H groups in total. The summed E-state index contributed by atoms with van der Waals surface area (Å²) in [6.07, 6.45) is 4.92. The first-order valence-corrected chi connectivity index (χ1v) is 13.7. The van der Waals surface area contributed by atoms with Crippen LogP contribution in [0.5, 0.6) is 11.5 Å². The van der Waals surface area contributed by atoms with E-state index >= 15 is 0 Å². The molecule has 0 atom stereocenters. The summed E-state index contributed by atoms with van der Waals surface area (Å²) in [5, 5.41) is 0. The maximum absolute atomic E-state index is 13.3. The molecular formula is C31H32N2O4S. The number of likely N-dealkylation sites (N-methyl/N-ethyl adjacent to an activating group) is 1. The molecule has 5 rings (SSSR count). The molecule has 0 aliphatic carbocycles. The average molecular weight is 529 g/mol. The Balaban J connectivity index is 1.28. The maximum Gasteiger partial charge on any atom is 0.264 e. The molecule has 0 spiro atoms. The Labute approximate surface area is 228 Å². The van der Waals surface area contributed by atoms with Crippen LogP contribution in [0, 0.1) is 5.92 Å². The van der Waals surface area contributed by atoms with Crippen molar-refractivity contribution in [3.05, 3.63) is 88.3 Å². The molecule has 7 heteroatoms. The summed E-state index contributed by atoms with van der Waals surface area (Å²) in [7, 11) is 4.94. The number of ether oxygens (including phenoxy) is 2. The van der Waals surface area contributed by atoms with Gasteiger partial charge in [-0.3, -0.25) is 9.59 Å². The number of fused-ring (bicyclic) bond motifs is 1. The van der Waals surface area contributed by atoms with E-state index in [0.29, 0.717) is 27.9 Å². The third kappa shape index (κ3) is 5.43. The van der Waals surface area contributed by atoms with Gasteiger partial charge in [0.15, 0.2) is 11.5 Å². The van der Waals surface area contributed by atoms with Crippen molar-refractivity contribution in [3.63, 3.8) is 0 Å². The van der Waals surface area contributed by atoms with E-state index in [-0.39, 0.29) is 11.8 Å². The lowest BCUT2D eigenvalue weighted by Crippen LogP contribution is -2.39. The van der Waals surface area contributed by atoms with Gasteiger partial charge in [-0.2, -0.15) is 0 Å². The normalized spacial score (nSPS) is 16.9. The van der Waals surface area contributed by atoms with Gasteiger partial charge < -0.3 is 19.3 Å². The first-order valence-electron chi connectivity index (χ1n) is 12.8. The molecule has 0 radical (unpaired) electrons. The molecule has 2 aliphatic rings. The van der Waals surface area contributed by atoms with Crippen LogP contribution in [0.2, 0.25) is 0 Å². The van der Waals surface area contributed by atoms with Gasteiger partial charge in [0.25, 0.3) is 11.8 Å². The molecule has 0 saturated carbocycles. The molecule has 38 heavy (non-hydrogen) atoms. The number of rotatable bonds is 6. The number of carbonyl (C=O) groups is 2. The number of nitrogens with zero attached hydrogens (tertiary/aromatic N) is 2. The van der Waals surface area contributed by atoms with Crippen molar-refractivity contribution in [1.29, 1.82) is 0 Å². The van der Waals surface area contributed by atoms with Crippen LogP contribution in [0.3, 0.4) is 0 Å². The smallest absolute Gasteiger partial charge is 0.264 e. The van der Waals surface area contributed by atoms with Crippen molar-refractivity contribution in [2.24, 2.45) is 5.92 Å². The fourth-order valence-electron chi connectivity index (χ4n) is 5.09. The SMILES string of the molecule is COc1ccc(/C=C2\Sc3ccc(C(=O)N4CCC(Cc5ccccc5)CC4)cc3N(C)C2=O)cc1OC. The lowest BCUT2D eigenvalue weighted by Gasteiger charge is -2.33. The zero-order valence-corrected chi connectivity index (χ0v) is 22.8. The van der Waals surface area contributed by atoms with E-state index in [1.165, 1.54) is 17.3 Å². The monoisotopic (exact) mass is 528 g/mol. The van der Waals surface area contributed by atoms with Crippen LogP contribution in [0.15, 0.2) is 76.5 Å². The number of anilines is 1. The number of hydrogen-bond acceptors (Lipinski definition) is 5. The van der Waals surface area contributed by atoms with Gasteiger partial charge in [0.05, 0.1) is 24.8 Å². The molecule has 196 valence electrons. The van der Waals surface area contributed by atoms with E-state index in [2.05, 4.69) is 24.3 Å². The zero-order valence-electron chi connectivity index (χ0n) is 22.0. The molecule has 2 amide bonds. The molecule has 2 aliphatic heterocycles. The third-order valence-electron chi connectivity index (χ3n) is 7.28. The van der Waals surface area contributed by atoms with Crippen molar-refractivity contribution >= 4 is 35.3 Å². The summed E-state index contributed by atoms with van der Waals surface area (Å²) >= 11 is 1.42. The molecule has 3 aromatic rings. The molecule has 0 unspecified atom stereocenters. The van der Waals surface area contributed by atoms with Crippen molar-refractivity contribution in [2.75, 3.05) is 39.3 Å². The molecule has 1 fully saturated rings. The maximum atomic E-state index is 13.3. The first-order chi connectivity index (χ1) is 18.5. The fraction of sp³-hybridized carbons (Fsp3) is 0.290. The van der Waals surface area contributed by atoms with E-state index in [1.54, 1.807) is 26.2 Å². The number of piperidine rings is 1. The predicted octanol–water partition coefficient (Wildman–Crippen LogP) is 5.91. The van der Waals surface area contributed by atoms with Crippen LogP contribution in [0.25, 0.3) is 6.08 Å². The van der Waals surface area contributed by atoms with E-state index in [4.69, 9.17) is 9.47 Å². The average Bonchev–Trinajstić information content (AvgIpc) is 2.96. The zero-order chi connectivity index (χ0) is 26.6. The van der Waals surface area contributed by atoms with E-state index < -0.39 is 0 Å². The lowest BCUT2D eigenvalue weighted by atomic mass is 9.90. The van der Waals surface area contributed by atoms with Crippen LogP contribution in [-0.4, -0.2) is 51.1 Å². The van der Waals surface area contributed by atoms with Crippen LogP contribution < -0.4 is 14.4 Å². The van der Waals surface area contributed by atoms with Gasteiger partial charge in [-0.05, 0) is 72.7 Å². The number of benzene rings is 3. The largest absolute Gasteiger partial charge is 0.493 e. The van der Waals surface area contributed by atoms with Crippen LogP contribution in [-0.2, 0) is 11.2 Å². The first kappa shape index (κ1) is 25.9. The molecule has 2 heterocycles. The molecule has 1 saturated heterocycles. The summed E-state index contributed by atoms with van der Waals surface area (Å²) in [6, 6.07) is 21.8. The highest BCUT2D eigenvalue weighted by Gasteiger charge is 2.29. The number of thioether (sulfide) groups is 1. The summed E-state index contributed by atoms with van der Waals surface area (Å²) in [5.41, 5.74) is 3.58. The summed E-state index contributed by atoms with van der Waals surface area (Å²) in [5.74, 6) is 1.77. The van der Waals surface area contributed by atoms with Crippen molar-refractivity contribution in [3.8, 4) is 11.5 Å². The Morgan fingerprint density at radius 3 is 2.42 bits per heavy atom. The number of carbonyl (C=O) groups excluding carboxylic acids is 2. The van der Waals surface area contributed by atoms with E-state index in [0.717, 1.165) is 48.5 Å². The Kier molecular flexibility index (Phi) is 7.74. The quantitative estimate of drug-likeness (QED) is 0.373. The van der Waals surface area contributed by atoms with Crippen LogP contribution in [0.1, 0.15) is 34.3 Å². The number of methoxy groups -OCH3 is 2. The predicted molar refractivity (Wildman–Crippen MR) is 152 cm³/mol. The van der Waals surface area contributed by atoms with Gasteiger partial charge >= 0.3 is 0 Å². The molecule has 3 aromatic carbocycles. The molecule has 0 bridgehead atoms. The second-order valence-corrected chi connectivity index (χ2v) is 10.8. The van der Waals surface area contributed by atoms with E-state index in [9.17, 15) is 9.59 Å². The van der Waals surface area contributed by atoms with Gasteiger partial charge in [-0.15, -0.1) is 0 Å². The Hall–Kier alpha value is -3.71. The second-order valence-electron chi connectivity index (χ2n) is 9.70. The van der Waals surface area contributed by atoms with Gasteiger partial charge in [0, 0.05) is 30.6 Å². The summed E-state index contributed by atoms with van der Waals surface area (Å²) in [6.45, 7) is 1.52. The highest BCUT2D eigenvalue weighted by Crippen LogP contribution is 2.42. The molecule has 6 nitrogen and oxygen atoms in total. The minimum Gasteiger partial charge on any atom is -0.493 e. The topological polar surface area (TPSA) is 59.1 Å². The third-order valence-corrected chi connectivity index (χ3v) is 8.35. The van der Waals surface area contributed by atoms with Crippen molar-refractivity contribution in [1.82, 2.24) is 4.90 Å². The van der Waals surface area contributed by atoms with Crippen molar-refractivity contribution in [2.45, 2.75) is 24.2 Å². The summed E-state index contributed by atoms with van der Waals surface area (Å²) in [4.78, 5) is 31.7. The molecule has 0 aromatic heterocycles. The molecular weight excluding hydrogens is 496 g/mol. The van der Waals surface area contributed by atoms with E-state index in [1.807, 2.05) is 53.4 Å². The number of likely N-dealkylation sites (tertiary alicyclic amines) is 1. The Morgan fingerprint density at radius 1 is 0.974 bits per heavy atom. The summed E-state index contributed by atoms with van der Waals surface area (Å²) < 4.78 is 10.7. The van der Waals surface area contributed by atoms with Gasteiger partial charge in [-0.25, -0.2) is 0 Å². The lowest BCUT2D eigenvalue weighted by molar-refractivity contribution is -0.114. The minimum absolute atomic E-state index is 0.0310. The van der Waals surface area contributed by atoms with Gasteiger partial charge in [-0.1, -0.05) is 48.2 Å². The van der Waals surface area contributed by atoms with Crippen LogP contribution in [0.4, 0.5) is 5.69 Å². The number of amides is 2. The van der Waals surface area contributed by atoms with Crippen molar-refractivity contribution < 1.29 is 19.1 Å².